The molecule has 5 amide bonds. The first-order valence-corrected chi connectivity index (χ1v) is 13.6. The number of rotatable bonds is 23. The number of carbonyl (C=O) groups excluding carboxylic acids is 5. The van der Waals surface area contributed by atoms with Crippen LogP contribution in [0.15, 0.2) is 0 Å². The van der Waals surface area contributed by atoms with E-state index in [2.05, 4.69) is 26.6 Å². The highest BCUT2D eigenvalue weighted by Crippen LogP contribution is 2.02. The summed E-state index contributed by atoms with van der Waals surface area (Å²) in [6, 6.07) is -3.73. The van der Waals surface area contributed by atoms with Crippen LogP contribution in [0.4, 0.5) is 0 Å². The molecule has 42 heavy (non-hydrogen) atoms. The van der Waals surface area contributed by atoms with E-state index < -0.39 is 66.1 Å². The molecule has 3 atom stereocenters. The standard InChI is InChI=1S/C25H42N6O11/c1-2-11-27-21(35)14-15(26)23(38)29-13-4-6-20(34)30-16(24(39)40)7-9-18(32)28-12-3-5-19(33)31-17(25(41)42)8-10-22(36)37/h15-17H,2-14,26H2,1H3,(H,27,35)(H,28,32)(H,29,38)(H,30,34)(H,31,33)(H,36,37)(H,39,40)(H,41,42)/t15-,16?,17?/m0/s1. The Morgan fingerprint density at radius 3 is 1.57 bits per heavy atom. The van der Waals surface area contributed by atoms with E-state index in [-0.39, 0.29) is 70.4 Å². The van der Waals surface area contributed by atoms with Crippen LogP contribution in [0.5, 0.6) is 0 Å². The van der Waals surface area contributed by atoms with Crippen LogP contribution in [-0.4, -0.2) is 101 Å². The predicted octanol–water partition coefficient (Wildman–Crippen LogP) is -2.19. The lowest BCUT2D eigenvalue weighted by molar-refractivity contribution is -0.143. The Kier molecular flexibility index (Phi) is 19.3. The van der Waals surface area contributed by atoms with Gasteiger partial charge in [-0.1, -0.05) is 6.92 Å². The van der Waals surface area contributed by atoms with Gasteiger partial charge in [-0.2, -0.15) is 0 Å². The van der Waals surface area contributed by atoms with Gasteiger partial charge in [-0.05, 0) is 32.1 Å². The molecule has 0 saturated heterocycles. The quantitative estimate of drug-likeness (QED) is 0.0564. The Labute approximate surface area is 242 Å². The average molecular weight is 603 g/mol. The molecule has 0 aliphatic heterocycles. The van der Waals surface area contributed by atoms with Gasteiger partial charge in [-0.15, -0.1) is 0 Å². The molecule has 0 fully saturated rings. The summed E-state index contributed by atoms with van der Waals surface area (Å²) < 4.78 is 0. The van der Waals surface area contributed by atoms with Gasteiger partial charge in [0.15, 0.2) is 0 Å². The molecule has 0 radical (unpaired) electrons. The number of carboxylic acids is 3. The van der Waals surface area contributed by atoms with Crippen molar-refractivity contribution >= 4 is 47.4 Å². The van der Waals surface area contributed by atoms with Gasteiger partial charge >= 0.3 is 17.9 Å². The van der Waals surface area contributed by atoms with E-state index in [1.807, 2.05) is 6.92 Å². The Balaban J connectivity index is 4.28. The summed E-state index contributed by atoms with van der Waals surface area (Å²) in [7, 11) is 0. The molecule has 0 aromatic heterocycles. The Hall–Kier alpha value is -4.28. The molecule has 10 N–H and O–H groups in total. The van der Waals surface area contributed by atoms with Crippen LogP contribution < -0.4 is 32.3 Å². The number of nitrogens with one attached hydrogen (secondary N) is 5. The van der Waals surface area contributed by atoms with Crippen molar-refractivity contribution in [1.82, 2.24) is 26.6 Å². The molecule has 0 spiro atoms. The van der Waals surface area contributed by atoms with Crippen molar-refractivity contribution in [2.45, 2.75) is 89.3 Å². The SMILES string of the molecule is CCCNC(=O)C[C@H](N)C(=O)NCCCC(=O)NC(CCC(=O)NCCCC(=O)NC(CCC(=O)O)C(=O)O)C(=O)O. The van der Waals surface area contributed by atoms with Crippen LogP contribution >= 0.6 is 0 Å². The Morgan fingerprint density at radius 1 is 0.619 bits per heavy atom. The molecular formula is C25H42N6O11. The van der Waals surface area contributed by atoms with E-state index in [1.54, 1.807) is 0 Å². The van der Waals surface area contributed by atoms with Gasteiger partial charge in [0.25, 0.3) is 0 Å². The minimum absolute atomic E-state index is 0.0437. The van der Waals surface area contributed by atoms with Crippen molar-refractivity contribution < 1.29 is 53.7 Å². The van der Waals surface area contributed by atoms with Crippen LogP contribution in [0.25, 0.3) is 0 Å². The van der Waals surface area contributed by atoms with Gasteiger partial charge in [-0.3, -0.25) is 28.8 Å². The molecule has 0 bridgehead atoms. The van der Waals surface area contributed by atoms with Crippen molar-refractivity contribution in [3.63, 3.8) is 0 Å². The Morgan fingerprint density at radius 2 is 1.10 bits per heavy atom. The smallest absolute Gasteiger partial charge is 0.326 e. The van der Waals surface area contributed by atoms with Crippen molar-refractivity contribution in [2.24, 2.45) is 5.73 Å². The number of hydrogen-bond acceptors (Lipinski definition) is 9. The second-order valence-electron chi connectivity index (χ2n) is 9.40. The van der Waals surface area contributed by atoms with Crippen LogP contribution in [0, 0.1) is 0 Å². The third-order valence-corrected chi connectivity index (χ3v) is 5.67. The topological polar surface area (TPSA) is 283 Å². The third-order valence-electron chi connectivity index (χ3n) is 5.67. The van der Waals surface area contributed by atoms with E-state index in [4.69, 9.17) is 15.9 Å². The molecule has 238 valence electrons. The molecule has 17 nitrogen and oxygen atoms in total. The first-order valence-electron chi connectivity index (χ1n) is 13.6. The van der Waals surface area contributed by atoms with Crippen LogP contribution in [0.3, 0.4) is 0 Å². The lowest BCUT2D eigenvalue weighted by Gasteiger charge is -2.15. The fourth-order valence-corrected chi connectivity index (χ4v) is 3.38. The molecule has 17 heteroatoms. The van der Waals surface area contributed by atoms with Gasteiger partial charge in [0.05, 0.1) is 12.5 Å². The largest absolute Gasteiger partial charge is 0.481 e. The molecule has 0 heterocycles. The normalized spacial score (nSPS) is 12.6. The summed E-state index contributed by atoms with van der Waals surface area (Å²) in [6.07, 6.45) is -0.502. The molecule has 0 saturated carbocycles. The molecule has 0 aliphatic carbocycles. The number of aliphatic carboxylic acids is 3. The third kappa shape index (κ3) is 18.9. The van der Waals surface area contributed by atoms with Gasteiger partial charge in [0.2, 0.25) is 29.5 Å². The summed E-state index contributed by atoms with van der Waals surface area (Å²) in [6.45, 7) is 2.48. The summed E-state index contributed by atoms with van der Waals surface area (Å²) in [4.78, 5) is 92.8. The number of hydrogen-bond donors (Lipinski definition) is 9. The van der Waals surface area contributed by atoms with Crippen molar-refractivity contribution in [2.75, 3.05) is 19.6 Å². The number of amides is 5. The fraction of sp³-hybridized carbons (Fsp3) is 0.680. The molecule has 0 aromatic carbocycles. The van der Waals surface area contributed by atoms with Crippen molar-refractivity contribution in [1.29, 1.82) is 0 Å². The van der Waals surface area contributed by atoms with E-state index in [9.17, 15) is 43.5 Å². The number of carboxylic acid groups (broad SMARTS) is 3. The van der Waals surface area contributed by atoms with Gasteiger partial charge < -0.3 is 47.6 Å². The highest BCUT2D eigenvalue weighted by Gasteiger charge is 2.22. The summed E-state index contributed by atoms with van der Waals surface area (Å²) in [5.41, 5.74) is 5.68. The van der Waals surface area contributed by atoms with Crippen LogP contribution in [0.1, 0.15) is 71.1 Å². The molecule has 0 aliphatic rings. The van der Waals surface area contributed by atoms with Crippen LogP contribution in [0.2, 0.25) is 0 Å². The van der Waals surface area contributed by atoms with Gasteiger partial charge in [-0.25, -0.2) is 9.59 Å². The first kappa shape index (κ1) is 37.7. The molecule has 2 unspecified atom stereocenters. The van der Waals surface area contributed by atoms with E-state index in [0.717, 1.165) is 6.42 Å². The van der Waals surface area contributed by atoms with Gasteiger partial charge in [0, 0.05) is 45.3 Å². The first-order chi connectivity index (χ1) is 19.8. The van der Waals surface area contributed by atoms with Crippen molar-refractivity contribution in [3.05, 3.63) is 0 Å². The van der Waals surface area contributed by atoms with Crippen LogP contribution in [-0.2, 0) is 38.4 Å². The predicted molar refractivity (Wildman–Crippen MR) is 146 cm³/mol. The lowest BCUT2D eigenvalue weighted by Crippen LogP contribution is -2.44. The van der Waals surface area contributed by atoms with E-state index in [0.29, 0.717) is 6.54 Å². The minimum atomic E-state index is -1.37. The van der Waals surface area contributed by atoms with Crippen molar-refractivity contribution in [3.8, 4) is 0 Å². The number of nitrogens with two attached hydrogens (primary N) is 1. The molecular weight excluding hydrogens is 560 g/mol. The maximum Gasteiger partial charge on any atom is 0.326 e. The minimum Gasteiger partial charge on any atom is -0.481 e. The summed E-state index contributed by atoms with van der Waals surface area (Å²) >= 11 is 0. The summed E-state index contributed by atoms with van der Waals surface area (Å²) in [5.74, 6) is -6.57. The highest BCUT2D eigenvalue weighted by molar-refractivity contribution is 5.88. The second-order valence-corrected chi connectivity index (χ2v) is 9.40. The zero-order valence-electron chi connectivity index (χ0n) is 23.6. The monoisotopic (exact) mass is 602 g/mol. The van der Waals surface area contributed by atoms with Gasteiger partial charge in [0.1, 0.15) is 12.1 Å². The molecule has 0 rings (SSSR count). The Bertz CT molecular complexity index is 959. The summed E-state index contributed by atoms with van der Waals surface area (Å²) in [5, 5.41) is 39.2. The number of carbonyl (C=O) groups is 8. The van der Waals surface area contributed by atoms with E-state index in [1.165, 1.54) is 0 Å². The maximum absolute atomic E-state index is 12.1. The molecule has 0 aromatic rings. The average Bonchev–Trinajstić information content (AvgIpc) is 2.91. The zero-order chi connectivity index (χ0) is 32.1. The maximum atomic E-state index is 12.1. The van der Waals surface area contributed by atoms with E-state index >= 15 is 0 Å². The zero-order valence-corrected chi connectivity index (χ0v) is 23.6. The second kappa shape index (κ2) is 21.5. The lowest BCUT2D eigenvalue weighted by atomic mass is 10.1. The fourth-order valence-electron chi connectivity index (χ4n) is 3.38. The highest BCUT2D eigenvalue weighted by atomic mass is 16.4.